The largest absolute Gasteiger partial charge is 0.467 e. The highest BCUT2D eigenvalue weighted by molar-refractivity contribution is 5.78. The molecule has 1 aliphatic rings. The van der Waals surface area contributed by atoms with Gasteiger partial charge >= 0.3 is 0 Å². The summed E-state index contributed by atoms with van der Waals surface area (Å²) in [6, 6.07) is 5.26. The number of nitrogens with zero attached hydrogens (tertiary/aromatic N) is 3. The van der Waals surface area contributed by atoms with Gasteiger partial charge in [-0.1, -0.05) is 0 Å². The molecule has 1 N–H and O–H groups in total. The Hall–Kier alpha value is -2.61. The zero-order valence-electron chi connectivity index (χ0n) is 14.2. The van der Waals surface area contributed by atoms with Crippen molar-refractivity contribution in [2.75, 3.05) is 19.8 Å². The van der Waals surface area contributed by atoms with Crippen LogP contribution in [0.2, 0.25) is 0 Å². The second-order valence-corrected chi connectivity index (χ2v) is 5.89. The molecule has 1 atom stereocenters. The van der Waals surface area contributed by atoms with Gasteiger partial charge in [-0.15, -0.1) is 0 Å². The van der Waals surface area contributed by atoms with E-state index in [-0.39, 0.29) is 30.9 Å². The van der Waals surface area contributed by atoms with Crippen LogP contribution >= 0.6 is 0 Å². The van der Waals surface area contributed by atoms with Gasteiger partial charge in [0, 0.05) is 19.3 Å². The van der Waals surface area contributed by atoms with Crippen LogP contribution in [0, 0.1) is 0 Å². The van der Waals surface area contributed by atoms with Crippen LogP contribution in [0.1, 0.15) is 30.8 Å². The van der Waals surface area contributed by atoms with Crippen molar-refractivity contribution in [3.05, 3.63) is 42.1 Å². The Bertz CT molecular complexity index is 710. The summed E-state index contributed by atoms with van der Waals surface area (Å²) in [6.07, 6.45) is 3.51. The Labute approximate surface area is 145 Å². The zero-order valence-corrected chi connectivity index (χ0v) is 14.2. The van der Waals surface area contributed by atoms with Crippen LogP contribution in [-0.4, -0.2) is 46.3 Å². The molecule has 3 heterocycles. The number of hydrogen-bond acceptors (Lipinski definition) is 5. The molecular weight excluding hydrogens is 324 g/mol. The number of carbonyl (C=O) groups is 2. The van der Waals surface area contributed by atoms with Gasteiger partial charge in [0.05, 0.1) is 37.5 Å². The Balaban J connectivity index is 1.61. The Morgan fingerprint density at radius 1 is 1.44 bits per heavy atom. The molecule has 0 bridgehead atoms. The maximum absolute atomic E-state index is 12.3. The molecular formula is C17H22N4O4. The van der Waals surface area contributed by atoms with Gasteiger partial charge < -0.3 is 19.4 Å². The smallest absolute Gasteiger partial charge is 0.248 e. The summed E-state index contributed by atoms with van der Waals surface area (Å²) in [4.78, 5) is 26.2. The Morgan fingerprint density at radius 2 is 2.32 bits per heavy atom. The number of ether oxygens (including phenoxy) is 1. The molecule has 0 aliphatic carbocycles. The molecule has 0 spiro atoms. The van der Waals surface area contributed by atoms with Crippen LogP contribution < -0.4 is 5.32 Å². The fourth-order valence-corrected chi connectivity index (χ4v) is 2.89. The van der Waals surface area contributed by atoms with Gasteiger partial charge in [-0.2, -0.15) is 5.10 Å². The van der Waals surface area contributed by atoms with Gasteiger partial charge in [0.25, 0.3) is 0 Å². The summed E-state index contributed by atoms with van der Waals surface area (Å²) < 4.78 is 12.2. The van der Waals surface area contributed by atoms with Gasteiger partial charge in [-0.25, -0.2) is 0 Å². The SMILES string of the molecule is CCOCC(=O)N1Cc2ccnn2C(CC(=O)NCc2ccco2)C1. The van der Waals surface area contributed by atoms with Crippen molar-refractivity contribution in [1.29, 1.82) is 0 Å². The van der Waals surface area contributed by atoms with Crippen molar-refractivity contribution in [3.63, 3.8) is 0 Å². The first kappa shape index (κ1) is 17.2. The lowest BCUT2D eigenvalue weighted by molar-refractivity contribution is -0.138. The van der Waals surface area contributed by atoms with Crippen LogP contribution in [0.15, 0.2) is 35.1 Å². The lowest BCUT2D eigenvalue weighted by atomic mass is 10.1. The normalized spacial score (nSPS) is 16.5. The molecule has 0 fully saturated rings. The standard InChI is InChI=1S/C17H22N4O4/c1-2-24-12-17(23)20-10-13-5-6-19-21(13)14(11-20)8-16(22)18-9-15-4-3-7-25-15/h3-7,14H,2,8-12H2,1H3,(H,18,22). The summed E-state index contributed by atoms with van der Waals surface area (Å²) in [5.74, 6) is 0.516. The molecule has 134 valence electrons. The fraction of sp³-hybridized carbons (Fsp3) is 0.471. The Morgan fingerprint density at radius 3 is 3.08 bits per heavy atom. The summed E-state index contributed by atoms with van der Waals surface area (Å²) >= 11 is 0. The molecule has 3 rings (SSSR count). The van der Waals surface area contributed by atoms with Gasteiger partial charge in [0.1, 0.15) is 12.4 Å². The van der Waals surface area contributed by atoms with E-state index < -0.39 is 0 Å². The van der Waals surface area contributed by atoms with E-state index in [0.29, 0.717) is 32.0 Å². The Kier molecular flexibility index (Phi) is 5.49. The third-order valence-electron chi connectivity index (χ3n) is 4.13. The van der Waals surface area contributed by atoms with E-state index >= 15 is 0 Å². The highest BCUT2D eigenvalue weighted by atomic mass is 16.5. The van der Waals surface area contributed by atoms with E-state index in [1.807, 2.05) is 17.7 Å². The average molecular weight is 346 g/mol. The minimum absolute atomic E-state index is 0.0576. The number of hydrogen-bond donors (Lipinski definition) is 1. The van der Waals surface area contributed by atoms with Gasteiger partial charge in [-0.3, -0.25) is 14.3 Å². The van der Waals surface area contributed by atoms with Crippen molar-refractivity contribution in [3.8, 4) is 0 Å². The van der Waals surface area contributed by atoms with Gasteiger partial charge in [-0.05, 0) is 25.1 Å². The molecule has 2 aromatic heterocycles. The van der Waals surface area contributed by atoms with E-state index in [1.54, 1.807) is 29.5 Å². The number of rotatable bonds is 7. The highest BCUT2D eigenvalue weighted by Crippen LogP contribution is 2.23. The number of amides is 2. The predicted octanol–water partition coefficient (Wildman–Crippen LogP) is 1.10. The molecule has 0 radical (unpaired) electrons. The van der Waals surface area contributed by atoms with Gasteiger partial charge in [0.15, 0.2) is 0 Å². The third kappa shape index (κ3) is 4.27. The van der Waals surface area contributed by atoms with E-state index in [9.17, 15) is 9.59 Å². The van der Waals surface area contributed by atoms with Gasteiger partial charge in [0.2, 0.25) is 11.8 Å². The molecule has 8 heteroatoms. The molecule has 2 aromatic rings. The minimum atomic E-state index is -0.194. The molecule has 1 unspecified atom stereocenters. The number of nitrogens with one attached hydrogen (secondary N) is 1. The summed E-state index contributed by atoms with van der Waals surface area (Å²) in [6.45, 7) is 3.67. The van der Waals surface area contributed by atoms with Crippen LogP contribution in [0.25, 0.3) is 0 Å². The fourth-order valence-electron chi connectivity index (χ4n) is 2.89. The maximum Gasteiger partial charge on any atom is 0.248 e. The highest BCUT2D eigenvalue weighted by Gasteiger charge is 2.29. The zero-order chi connectivity index (χ0) is 17.6. The molecule has 8 nitrogen and oxygen atoms in total. The number of furan rings is 1. The summed E-state index contributed by atoms with van der Waals surface area (Å²) in [5.41, 5.74) is 0.917. The van der Waals surface area contributed by atoms with Crippen LogP contribution in [0.3, 0.4) is 0 Å². The van der Waals surface area contributed by atoms with Crippen molar-refractivity contribution >= 4 is 11.8 Å². The van der Waals surface area contributed by atoms with Crippen molar-refractivity contribution in [2.24, 2.45) is 0 Å². The monoisotopic (exact) mass is 346 g/mol. The van der Waals surface area contributed by atoms with E-state index in [4.69, 9.17) is 9.15 Å². The second-order valence-electron chi connectivity index (χ2n) is 5.89. The van der Waals surface area contributed by atoms with Crippen molar-refractivity contribution < 1.29 is 18.7 Å². The molecule has 2 amide bonds. The van der Waals surface area contributed by atoms with Crippen LogP contribution in [-0.2, 0) is 27.4 Å². The first-order valence-corrected chi connectivity index (χ1v) is 8.34. The first-order chi connectivity index (χ1) is 12.2. The molecule has 0 aromatic carbocycles. The quantitative estimate of drug-likeness (QED) is 0.811. The molecule has 0 saturated heterocycles. The molecule has 1 aliphatic heterocycles. The van der Waals surface area contributed by atoms with E-state index in [1.165, 1.54) is 0 Å². The van der Waals surface area contributed by atoms with Crippen molar-refractivity contribution in [2.45, 2.75) is 32.5 Å². The van der Waals surface area contributed by atoms with Crippen LogP contribution in [0.4, 0.5) is 0 Å². The average Bonchev–Trinajstić information content (AvgIpc) is 3.29. The lowest BCUT2D eigenvalue weighted by Gasteiger charge is -2.33. The number of aromatic nitrogens is 2. The van der Waals surface area contributed by atoms with Crippen molar-refractivity contribution in [1.82, 2.24) is 20.0 Å². The van der Waals surface area contributed by atoms with E-state index in [0.717, 1.165) is 5.69 Å². The lowest BCUT2D eigenvalue weighted by Crippen LogP contribution is -2.44. The maximum atomic E-state index is 12.3. The summed E-state index contributed by atoms with van der Waals surface area (Å²) in [7, 11) is 0. The third-order valence-corrected chi connectivity index (χ3v) is 4.13. The topological polar surface area (TPSA) is 89.6 Å². The van der Waals surface area contributed by atoms with E-state index in [2.05, 4.69) is 10.4 Å². The first-order valence-electron chi connectivity index (χ1n) is 8.34. The number of carbonyl (C=O) groups excluding carboxylic acids is 2. The second kappa shape index (κ2) is 7.98. The predicted molar refractivity (Wildman–Crippen MR) is 88.3 cm³/mol. The molecule has 0 saturated carbocycles. The van der Waals surface area contributed by atoms with Crippen LogP contribution in [0.5, 0.6) is 0 Å². The minimum Gasteiger partial charge on any atom is -0.467 e. The molecule has 25 heavy (non-hydrogen) atoms. The summed E-state index contributed by atoms with van der Waals surface area (Å²) in [5, 5.41) is 7.14. The number of fused-ring (bicyclic) bond motifs is 1.